The fraction of sp³-hybridized carbons (Fsp3) is 0.143. The van der Waals surface area contributed by atoms with Crippen LogP contribution in [0.4, 0.5) is 5.69 Å². The van der Waals surface area contributed by atoms with E-state index in [9.17, 15) is 0 Å². The molecule has 60 valence electrons. The number of benzene rings is 1. The second-order valence-corrected chi connectivity index (χ2v) is 2.93. The molecule has 1 aromatic carbocycles. The first kappa shape index (κ1) is 8.52. The molecule has 3 nitrogen and oxygen atoms in total. The molecule has 1 aromatic rings. The average molecular weight is 216 g/mol. The van der Waals surface area contributed by atoms with Gasteiger partial charge in [-0.3, -0.25) is 0 Å². The Bertz CT molecular complexity index is 227. The van der Waals surface area contributed by atoms with Crippen LogP contribution in [0.1, 0.15) is 0 Å². The van der Waals surface area contributed by atoms with Crippen LogP contribution in [0, 0.1) is 0 Å². The van der Waals surface area contributed by atoms with Crippen molar-refractivity contribution in [3.8, 4) is 0 Å². The minimum absolute atomic E-state index is 1.01. The van der Waals surface area contributed by atoms with Gasteiger partial charge in [-0.05, 0) is 18.2 Å². The van der Waals surface area contributed by atoms with Crippen LogP contribution in [-0.2, 0) is 0 Å². The smallest absolute Gasteiger partial charge is 0.0512 e. The van der Waals surface area contributed by atoms with Gasteiger partial charge in [0.25, 0.3) is 0 Å². The van der Waals surface area contributed by atoms with E-state index in [0.717, 1.165) is 10.2 Å². The number of hydrogen-bond donors (Lipinski definition) is 3. The topological polar surface area (TPSA) is 36.1 Å². The SMILES string of the molecule is CNNNc1cccc(Br)c1. The Morgan fingerprint density at radius 1 is 1.36 bits per heavy atom. The Morgan fingerprint density at radius 2 is 2.18 bits per heavy atom. The number of nitrogens with one attached hydrogen (secondary N) is 3. The second kappa shape index (κ2) is 4.33. The van der Waals surface area contributed by atoms with Gasteiger partial charge in [-0.2, -0.15) is 5.53 Å². The maximum atomic E-state index is 3.37. The molecule has 4 heteroatoms. The third kappa shape index (κ3) is 2.88. The van der Waals surface area contributed by atoms with E-state index in [0.29, 0.717) is 0 Å². The molecule has 0 bridgehead atoms. The van der Waals surface area contributed by atoms with Gasteiger partial charge in [-0.1, -0.05) is 22.0 Å². The summed E-state index contributed by atoms with van der Waals surface area (Å²) in [7, 11) is 1.80. The third-order valence-electron chi connectivity index (χ3n) is 1.16. The van der Waals surface area contributed by atoms with Gasteiger partial charge in [0.2, 0.25) is 0 Å². The number of rotatable bonds is 3. The summed E-state index contributed by atoms with van der Waals surface area (Å²) in [6, 6.07) is 7.88. The van der Waals surface area contributed by atoms with Gasteiger partial charge in [0, 0.05) is 11.5 Å². The van der Waals surface area contributed by atoms with E-state index in [1.807, 2.05) is 24.3 Å². The molecule has 1 rings (SSSR count). The molecule has 0 aliphatic heterocycles. The van der Waals surface area contributed by atoms with Gasteiger partial charge in [0.15, 0.2) is 0 Å². The Morgan fingerprint density at radius 3 is 2.82 bits per heavy atom. The van der Waals surface area contributed by atoms with Crippen molar-refractivity contribution in [2.45, 2.75) is 0 Å². The zero-order valence-corrected chi connectivity index (χ0v) is 7.77. The summed E-state index contributed by atoms with van der Waals surface area (Å²) < 4.78 is 1.06. The summed E-state index contributed by atoms with van der Waals surface area (Å²) >= 11 is 3.37. The molecule has 0 saturated carbocycles. The standard InChI is InChI=1S/C7H10BrN3/c1-9-11-10-7-4-2-3-6(8)5-7/h2-5,9-11H,1H3. The van der Waals surface area contributed by atoms with Crippen LogP contribution in [0.2, 0.25) is 0 Å². The van der Waals surface area contributed by atoms with Crippen LogP contribution in [0.5, 0.6) is 0 Å². The second-order valence-electron chi connectivity index (χ2n) is 2.01. The van der Waals surface area contributed by atoms with Crippen LogP contribution in [0.3, 0.4) is 0 Å². The first-order valence-corrected chi connectivity index (χ1v) is 4.05. The number of halogens is 1. The van der Waals surface area contributed by atoms with Crippen molar-refractivity contribution < 1.29 is 0 Å². The van der Waals surface area contributed by atoms with Crippen molar-refractivity contribution in [3.05, 3.63) is 28.7 Å². The van der Waals surface area contributed by atoms with Crippen molar-refractivity contribution in [3.63, 3.8) is 0 Å². The summed E-state index contributed by atoms with van der Waals surface area (Å²) in [4.78, 5) is 0. The highest BCUT2D eigenvalue weighted by molar-refractivity contribution is 9.10. The largest absolute Gasteiger partial charge is 0.308 e. The Balaban J connectivity index is 2.56. The van der Waals surface area contributed by atoms with Crippen molar-refractivity contribution in [2.24, 2.45) is 0 Å². The van der Waals surface area contributed by atoms with Crippen molar-refractivity contribution in [1.29, 1.82) is 0 Å². The lowest BCUT2D eigenvalue weighted by atomic mass is 10.3. The van der Waals surface area contributed by atoms with Gasteiger partial charge in [0.05, 0.1) is 5.69 Å². The lowest BCUT2D eigenvalue weighted by Gasteiger charge is -2.05. The first-order valence-electron chi connectivity index (χ1n) is 3.26. The fourth-order valence-corrected chi connectivity index (χ4v) is 1.10. The normalized spacial score (nSPS) is 9.64. The minimum Gasteiger partial charge on any atom is -0.308 e. The number of anilines is 1. The van der Waals surface area contributed by atoms with Crippen molar-refractivity contribution >= 4 is 21.6 Å². The molecule has 0 spiro atoms. The van der Waals surface area contributed by atoms with Gasteiger partial charge in [-0.15, -0.1) is 0 Å². The first-order chi connectivity index (χ1) is 5.33. The van der Waals surface area contributed by atoms with E-state index in [-0.39, 0.29) is 0 Å². The molecule has 0 atom stereocenters. The summed E-state index contributed by atoms with van der Waals surface area (Å²) in [6.45, 7) is 0. The highest BCUT2D eigenvalue weighted by Crippen LogP contribution is 2.14. The van der Waals surface area contributed by atoms with Gasteiger partial charge in [-0.25, -0.2) is 5.43 Å². The molecule has 0 aromatic heterocycles. The maximum absolute atomic E-state index is 3.37. The van der Waals surface area contributed by atoms with Crippen molar-refractivity contribution in [2.75, 3.05) is 12.5 Å². The monoisotopic (exact) mass is 215 g/mol. The molecular formula is C7H10BrN3. The molecule has 0 aliphatic rings. The molecule has 0 fully saturated rings. The van der Waals surface area contributed by atoms with E-state index in [2.05, 4.69) is 32.3 Å². The molecule has 3 N–H and O–H groups in total. The Labute approximate surface area is 74.3 Å². The predicted molar refractivity (Wildman–Crippen MR) is 50.0 cm³/mol. The molecule has 11 heavy (non-hydrogen) atoms. The molecular weight excluding hydrogens is 206 g/mol. The Hall–Kier alpha value is -0.580. The molecule has 0 heterocycles. The summed E-state index contributed by atoms with van der Waals surface area (Å²) in [6.07, 6.45) is 0. The maximum Gasteiger partial charge on any atom is 0.0512 e. The zero-order valence-electron chi connectivity index (χ0n) is 6.19. The zero-order chi connectivity index (χ0) is 8.10. The van der Waals surface area contributed by atoms with E-state index in [1.54, 1.807) is 7.05 Å². The van der Waals surface area contributed by atoms with E-state index in [4.69, 9.17) is 0 Å². The summed E-state index contributed by atoms with van der Waals surface area (Å²) in [5.41, 5.74) is 9.48. The molecule has 0 radical (unpaired) electrons. The van der Waals surface area contributed by atoms with E-state index in [1.165, 1.54) is 0 Å². The minimum atomic E-state index is 1.01. The third-order valence-corrected chi connectivity index (χ3v) is 1.65. The van der Waals surface area contributed by atoms with Crippen LogP contribution in [0.15, 0.2) is 28.7 Å². The highest BCUT2D eigenvalue weighted by Gasteiger charge is 1.89. The van der Waals surface area contributed by atoms with Crippen LogP contribution < -0.4 is 16.4 Å². The number of hydrazine groups is 2. The van der Waals surface area contributed by atoms with Gasteiger partial charge >= 0.3 is 0 Å². The lowest BCUT2D eigenvalue weighted by Crippen LogP contribution is -2.33. The lowest BCUT2D eigenvalue weighted by molar-refractivity contribution is 0.679. The predicted octanol–water partition coefficient (Wildman–Crippen LogP) is 1.50. The summed E-state index contributed by atoms with van der Waals surface area (Å²) in [5.74, 6) is 0. The van der Waals surface area contributed by atoms with Crippen LogP contribution in [0.25, 0.3) is 0 Å². The highest BCUT2D eigenvalue weighted by atomic mass is 79.9. The fourth-order valence-electron chi connectivity index (χ4n) is 0.701. The van der Waals surface area contributed by atoms with Crippen LogP contribution in [-0.4, -0.2) is 7.05 Å². The van der Waals surface area contributed by atoms with E-state index < -0.39 is 0 Å². The molecule has 0 unspecified atom stereocenters. The van der Waals surface area contributed by atoms with Gasteiger partial charge < -0.3 is 5.43 Å². The molecule has 0 aliphatic carbocycles. The van der Waals surface area contributed by atoms with E-state index >= 15 is 0 Å². The van der Waals surface area contributed by atoms with Crippen molar-refractivity contribution in [1.82, 2.24) is 11.0 Å². The summed E-state index contributed by atoms with van der Waals surface area (Å²) in [5, 5.41) is 0. The van der Waals surface area contributed by atoms with Crippen LogP contribution >= 0.6 is 15.9 Å². The van der Waals surface area contributed by atoms with Gasteiger partial charge in [0.1, 0.15) is 0 Å². The molecule has 0 amide bonds. The Kier molecular flexibility index (Phi) is 3.35. The average Bonchev–Trinajstić information content (AvgIpc) is 2.01. The quantitative estimate of drug-likeness (QED) is 0.670. The molecule has 0 saturated heterocycles. The number of hydrogen-bond acceptors (Lipinski definition) is 3.